The molecule has 0 aliphatic carbocycles. The van der Waals surface area contributed by atoms with E-state index in [1.807, 2.05) is 18.2 Å². The van der Waals surface area contributed by atoms with Gasteiger partial charge in [-0.2, -0.15) is 0 Å². The second-order valence-corrected chi connectivity index (χ2v) is 4.76. The van der Waals surface area contributed by atoms with E-state index in [0.29, 0.717) is 0 Å². The number of carbonyl (C=O) groups is 1. The zero-order valence-electron chi connectivity index (χ0n) is 9.90. The number of benzene rings is 1. The van der Waals surface area contributed by atoms with E-state index in [1.165, 1.54) is 0 Å². The molecule has 1 aliphatic rings. The Morgan fingerprint density at radius 2 is 2.35 bits per heavy atom. The Morgan fingerprint density at radius 1 is 1.59 bits per heavy atom. The molecular formula is C13H17NO3. The Bertz CT molecular complexity index is 440. The summed E-state index contributed by atoms with van der Waals surface area (Å²) in [7, 11) is 0. The standard InChI is InChI=1S/C13H17NO3/c1-13(14,8-12(15)16)10-4-5-11-9(7-10)3-2-6-17-11/h4-5,7H,2-3,6,8,14H2,1H3,(H,15,16). The average molecular weight is 235 g/mol. The number of ether oxygens (including phenoxy) is 1. The molecule has 2 rings (SSSR count). The van der Waals surface area contributed by atoms with Crippen molar-refractivity contribution in [3.05, 3.63) is 29.3 Å². The average Bonchev–Trinajstić information content (AvgIpc) is 2.26. The van der Waals surface area contributed by atoms with E-state index in [9.17, 15) is 4.79 Å². The highest BCUT2D eigenvalue weighted by Crippen LogP contribution is 2.30. The maximum absolute atomic E-state index is 10.8. The molecule has 0 radical (unpaired) electrons. The predicted molar refractivity (Wildman–Crippen MR) is 64.1 cm³/mol. The van der Waals surface area contributed by atoms with Gasteiger partial charge in [-0.15, -0.1) is 0 Å². The smallest absolute Gasteiger partial charge is 0.305 e. The molecule has 4 nitrogen and oxygen atoms in total. The summed E-state index contributed by atoms with van der Waals surface area (Å²) in [5.74, 6) is 0.00935. The topological polar surface area (TPSA) is 72.6 Å². The zero-order chi connectivity index (χ0) is 12.5. The minimum Gasteiger partial charge on any atom is -0.493 e. The van der Waals surface area contributed by atoms with Gasteiger partial charge in [0.25, 0.3) is 0 Å². The lowest BCUT2D eigenvalue weighted by atomic mass is 9.87. The van der Waals surface area contributed by atoms with E-state index < -0.39 is 11.5 Å². The monoisotopic (exact) mass is 235 g/mol. The summed E-state index contributed by atoms with van der Waals surface area (Å²) in [6.07, 6.45) is 1.88. The van der Waals surface area contributed by atoms with Crippen LogP contribution in [0.15, 0.2) is 18.2 Å². The molecule has 4 heteroatoms. The summed E-state index contributed by atoms with van der Waals surface area (Å²) >= 11 is 0. The van der Waals surface area contributed by atoms with E-state index in [1.54, 1.807) is 6.92 Å². The summed E-state index contributed by atoms with van der Waals surface area (Å²) < 4.78 is 5.52. The van der Waals surface area contributed by atoms with Crippen LogP contribution in [0.3, 0.4) is 0 Å². The highest BCUT2D eigenvalue weighted by molar-refractivity contribution is 5.68. The Kier molecular flexibility index (Phi) is 3.07. The summed E-state index contributed by atoms with van der Waals surface area (Å²) in [4.78, 5) is 10.8. The van der Waals surface area contributed by atoms with E-state index in [0.717, 1.165) is 36.3 Å². The van der Waals surface area contributed by atoms with Gasteiger partial charge >= 0.3 is 5.97 Å². The third kappa shape index (κ3) is 2.58. The fourth-order valence-corrected chi connectivity index (χ4v) is 2.13. The Balaban J connectivity index is 2.30. The molecule has 0 bridgehead atoms. The number of hydrogen-bond acceptors (Lipinski definition) is 3. The van der Waals surface area contributed by atoms with Crippen LogP contribution in [0.1, 0.15) is 30.9 Å². The second-order valence-electron chi connectivity index (χ2n) is 4.76. The van der Waals surface area contributed by atoms with Crippen molar-refractivity contribution in [3.8, 4) is 5.75 Å². The van der Waals surface area contributed by atoms with Crippen LogP contribution in [0, 0.1) is 0 Å². The molecule has 0 spiro atoms. The third-order valence-electron chi connectivity index (χ3n) is 3.09. The van der Waals surface area contributed by atoms with Crippen LogP contribution >= 0.6 is 0 Å². The molecule has 1 aromatic rings. The van der Waals surface area contributed by atoms with Gasteiger partial charge in [-0.1, -0.05) is 12.1 Å². The van der Waals surface area contributed by atoms with Crippen LogP contribution in [-0.4, -0.2) is 17.7 Å². The molecule has 1 unspecified atom stereocenters. The van der Waals surface area contributed by atoms with Crippen LogP contribution in [-0.2, 0) is 16.8 Å². The fraction of sp³-hybridized carbons (Fsp3) is 0.462. The van der Waals surface area contributed by atoms with Gasteiger partial charge in [0.1, 0.15) is 5.75 Å². The van der Waals surface area contributed by atoms with E-state index in [4.69, 9.17) is 15.6 Å². The molecule has 0 saturated carbocycles. The maximum Gasteiger partial charge on any atom is 0.305 e. The molecule has 1 heterocycles. The third-order valence-corrected chi connectivity index (χ3v) is 3.09. The highest BCUT2D eigenvalue weighted by atomic mass is 16.5. The van der Waals surface area contributed by atoms with Gasteiger partial charge < -0.3 is 15.6 Å². The summed E-state index contributed by atoms with van der Waals surface area (Å²) in [5.41, 5.74) is 7.19. The van der Waals surface area contributed by atoms with Crippen LogP contribution in [0.4, 0.5) is 0 Å². The van der Waals surface area contributed by atoms with Crippen molar-refractivity contribution in [2.45, 2.75) is 31.7 Å². The van der Waals surface area contributed by atoms with Gasteiger partial charge in [0.05, 0.1) is 13.0 Å². The lowest BCUT2D eigenvalue weighted by Gasteiger charge is -2.26. The summed E-state index contributed by atoms with van der Waals surface area (Å²) in [6.45, 7) is 2.49. The predicted octanol–water partition coefficient (Wildman–Crippen LogP) is 1.66. The van der Waals surface area contributed by atoms with Crippen molar-refractivity contribution in [2.24, 2.45) is 5.73 Å². The first-order valence-electron chi connectivity index (χ1n) is 5.76. The van der Waals surface area contributed by atoms with Crippen molar-refractivity contribution < 1.29 is 14.6 Å². The molecule has 1 aliphatic heterocycles. The second kappa shape index (κ2) is 4.37. The summed E-state index contributed by atoms with van der Waals surface area (Å²) in [5, 5.41) is 8.84. The van der Waals surface area contributed by atoms with Crippen LogP contribution in [0.25, 0.3) is 0 Å². The lowest BCUT2D eigenvalue weighted by Crippen LogP contribution is -2.35. The number of nitrogens with two attached hydrogens (primary N) is 1. The number of hydrogen-bond donors (Lipinski definition) is 2. The first-order valence-corrected chi connectivity index (χ1v) is 5.76. The fourth-order valence-electron chi connectivity index (χ4n) is 2.13. The first kappa shape index (κ1) is 11.9. The van der Waals surface area contributed by atoms with Crippen molar-refractivity contribution in [1.82, 2.24) is 0 Å². The molecular weight excluding hydrogens is 218 g/mol. The van der Waals surface area contributed by atoms with Gasteiger partial charge in [0.2, 0.25) is 0 Å². The number of fused-ring (bicyclic) bond motifs is 1. The van der Waals surface area contributed by atoms with Crippen LogP contribution in [0.5, 0.6) is 5.75 Å². The number of rotatable bonds is 3. The van der Waals surface area contributed by atoms with Crippen LogP contribution in [0.2, 0.25) is 0 Å². The SMILES string of the molecule is CC(N)(CC(=O)O)c1ccc2c(c1)CCCO2. The van der Waals surface area contributed by atoms with E-state index >= 15 is 0 Å². The summed E-state index contributed by atoms with van der Waals surface area (Å²) in [6, 6.07) is 5.71. The zero-order valence-corrected chi connectivity index (χ0v) is 9.90. The van der Waals surface area contributed by atoms with Crippen LogP contribution < -0.4 is 10.5 Å². The molecule has 0 saturated heterocycles. The van der Waals surface area contributed by atoms with Gasteiger partial charge in [0, 0.05) is 5.54 Å². The molecule has 3 N–H and O–H groups in total. The van der Waals surface area contributed by atoms with Crippen molar-refractivity contribution >= 4 is 5.97 Å². The molecule has 0 amide bonds. The Labute approximate surface area is 100 Å². The molecule has 0 fully saturated rings. The van der Waals surface area contributed by atoms with E-state index in [-0.39, 0.29) is 6.42 Å². The van der Waals surface area contributed by atoms with Crippen molar-refractivity contribution in [3.63, 3.8) is 0 Å². The molecule has 1 aromatic carbocycles. The van der Waals surface area contributed by atoms with E-state index in [2.05, 4.69) is 0 Å². The number of carboxylic acid groups (broad SMARTS) is 1. The quantitative estimate of drug-likeness (QED) is 0.835. The largest absolute Gasteiger partial charge is 0.493 e. The Morgan fingerprint density at radius 3 is 3.06 bits per heavy atom. The lowest BCUT2D eigenvalue weighted by molar-refractivity contribution is -0.138. The molecule has 17 heavy (non-hydrogen) atoms. The number of aliphatic carboxylic acids is 1. The molecule has 92 valence electrons. The van der Waals surface area contributed by atoms with Gasteiger partial charge in [-0.25, -0.2) is 0 Å². The van der Waals surface area contributed by atoms with Gasteiger partial charge in [-0.05, 0) is 37.0 Å². The minimum absolute atomic E-state index is 0.0767. The number of carboxylic acids is 1. The molecule has 0 aromatic heterocycles. The number of aryl methyl sites for hydroxylation is 1. The van der Waals surface area contributed by atoms with Crippen molar-refractivity contribution in [1.29, 1.82) is 0 Å². The minimum atomic E-state index is -0.885. The normalized spacial score (nSPS) is 17.8. The highest BCUT2D eigenvalue weighted by Gasteiger charge is 2.26. The van der Waals surface area contributed by atoms with Gasteiger partial charge in [-0.3, -0.25) is 4.79 Å². The van der Waals surface area contributed by atoms with Gasteiger partial charge in [0.15, 0.2) is 0 Å². The Hall–Kier alpha value is -1.55. The van der Waals surface area contributed by atoms with Crippen molar-refractivity contribution in [2.75, 3.05) is 6.61 Å². The first-order chi connectivity index (χ1) is 7.99. The maximum atomic E-state index is 10.8. The molecule has 1 atom stereocenters.